The maximum atomic E-state index is 12.7. The van der Waals surface area contributed by atoms with Gasteiger partial charge in [-0.3, -0.25) is 4.79 Å². The largest absolute Gasteiger partial charge is 0.475 e. The number of aryl methyl sites for hydroxylation is 1. The summed E-state index contributed by atoms with van der Waals surface area (Å²) >= 11 is 0. The summed E-state index contributed by atoms with van der Waals surface area (Å²) in [7, 11) is 0. The quantitative estimate of drug-likeness (QED) is 0.262. The van der Waals surface area contributed by atoms with Crippen molar-refractivity contribution in [3.63, 3.8) is 0 Å². The number of esters is 1. The van der Waals surface area contributed by atoms with Gasteiger partial charge in [0.05, 0.1) is 12.0 Å². The van der Waals surface area contributed by atoms with Crippen LogP contribution in [0.5, 0.6) is 11.8 Å². The highest BCUT2D eigenvalue weighted by atomic mass is 16.5. The average Bonchev–Trinajstić information content (AvgIpc) is 3.57. The standard InChI is InChI=1S/C30H34N8O3/c1-18-31-23-24(27(40-17-29(2,3)4)35-34-26(23)41-28(39)30(5,6)7)38(18)16-19-12-14-20(15-13-19)21-10-8-9-11-22(21)25-32-36-37-33-25/h8-15H,16-17H2,1-7H3,(H,32,33,36,37). The number of nitrogens with zero attached hydrogens (tertiary/aromatic N) is 7. The van der Waals surface area contributed by atoms with E-state index < -0.39 is 11.4 Å². The van der Waals surface area contributed by atoms with Gasteiger partial charge in [0.25, 0.3) is 11.8 Å². The van der Waals surface area contributed by atoms with E-state index in [1.165, 1.54) is 0 Å². The SMILES string of the molecule is Cc1nc2c(OC(=O)C(C)(C)C)nnc(OCC(C)(C)C)c2n1Cc1ccc(-c2ccccc2-c2nn[nH]n2)cc1. The lowest BCUT2D eigenvalue weighted by Gasteiger charge is -2.19. The number of carbonyl (C=O) groups excluding carboxylic acids is 1. The maximum Gasteiger partial charge on any atom is 0.318 e. The van der Waals surface area contributed by atoms with E-state index in [0.717, 1.165) is 28.1 Å². The molecular weight excluding hydrogens is 520 g/mol. The molecule has 2 aromatic carbocycles. The highest BCUT2D eigenvalue weighted by Gasteiger charge is 2.28. The zero-order chi connectivity index (χ0) is 29.4. The zero-order valence-corrected chi connectivity index (χ0v) is 24.4. The van der Waals surface area contributed by atoms with E-state index in [0.29, 0.717) is 35.9 Å². The van der Waals surface area contributed by atoms with Gasteiger partial charge in [-0.05, 0) is 55.0 Å². The lowest BCUT2D eigenvalue weighted by molar-refractivity contribution is -0.143. The molecule has 0 amide bonds. The normalized spacial score (nSPS) is 12.1. The van der Waals surface area contributed by atoms with E-state index in [2.05, 4.69) is 75.9 Å². The molecule has 5 rings (SSSR count). The van der Waals surface area contributed by atoms with Crippen LogP contribution in [-0.2, 0) is 11.3 Å². The molecule has 11 nitrogen and oxygen atoms in total. The van der Waals surface area contributed by atoms with Gasteiger partial charge in [0.2, 0.25) is 5.82 Å². The van der Waals surface area contributed by atoms with Gasteiger partial charge in [0.1, 0.15) is 11.3 Å². The number of aromatic nitrogens is 8. The highest BCUT2D eigenvalue weighted by molar-refractivity contribution is 5.88. The van der Waals surface area contributed by atoms with Crippen LogP contribution in [-0.4, -0.2) is 52.9 Å². The minimum absolute atomic E-state index is 0.0679. The molecule has 212 valence electrons. The minimum Gasteiger partial charge on any atom is -0.475 e. The Balaban J connectivity index is 1.51. The Kier molecular flexibility index (Phi) is 7.29. The molecule has 5 aromatic rings. The summed E-state index contributed by atoms with van der Waals surface area (Å²) in [5, 5.41) is 23.0. The third-order valence-electron chi connectivity index (χ3n) is 6.36. The van der Waals surface area contributed by atoms with Crippen molar-refractivity contribution in [2.24, 2.45) is 10.8 Å². The molecule has 0 radical (unpaired) electrons. The zero-order valence-electron chi connectivity index (χ0n) is 24.4. The molecule has 3 heterocycles. The van der Waals surface area contributed by atoms with Gasteiger partial charge in [-0.15, -0.1) is 20.4 Å². The number of rotatable bonds is 7. The Morgan fingerprint density at radius 3 is 2.22 bits per heavy atom. The summed E-state index contributed by atoms with van der Waals surface area (Å²) < 4.78 is 13.8. The molecule has 0 spiro atoms. The summed E-state index contributed by atoms with van der Waals surface area (Å²) in [6.45, 7) is 14.4. The van der Waals surface area contributed by atoms with Crippen molar-refractivity contribution < 1.29 is 14.3 Å². The van der Waals surface area contributed by atoms with E-state index in [1.807, 2.05) is 35.8 Å². The fourth-order valence-corrected chi connectivity index (χ4v) is 4.18. The Labute approximate surface area is 238 Å². The monoisotopic (exact) mass is 554 g/mol. The number of benzene rings is 2. The molecule has 11 heteroatoms. The molecule has 0 saturated carbocycles. The number of tetrazole rings is 1. The molecule has 0 unspecified atom stereocenters. The third kappa shape index (κ3) is 6.08. The number of imidazole rings is 1. The molecule has 0 aliphatic rings. The fraction of sp³-hybridized carbons (Fsp3) is 0.367. The molecule has 0 aliphatic heterocycles. The van der Waals surface area contributed by atoms with Crippen LogP contribution in [0.1, 0.15) is 52.9 Å². The number of fused-ring (bicyclic) bond motifs is 1. The van der Waals surface area contributed by atoms with E-state index in [-0.39, 0.29) is 11.3 Å². The summed E-state index contributed by atoms with van der Waals surface area (Å²) in [4.78, 5) is 17.4. The van der Waals surface area contributed by atoms with Crippen LogP contribution in [0.4, 0.5) is 0 Å². The molecule has 0 aliphatic carbocycles. The van der Waals surface area contributed by atoms with Crippen LogP contribution in [0.3, 0.4) is 0 Å². The molecule has 0 atom stereocenters. The Morgan fingerprint density at radius 1 is 0.902 bits per heavy atom. The topological polar surface area (TPSA) is 134 Å². The third-order valence-corrected chi connectivity index (χ3v) is 6.36. The first kappa shape index (κ1) is 27.9. The predicted molar refractivity (Wildman–Crippen MR) is 154 cm³/mol. The number of hydrogen-bond acceptors (Lipinski definition) is 9. The number of carbonyl (C=O) groups is 1. The van der Waals surface area contributed by atoms with Crippen LogP contribution < -0.4 is 9.47 Å². The fourth-order valence-electron chi connectivity index (χ4n) is 4.18. The lowest BCUT2D eigenvalue weighted by atomic mass is 9.97. The predicted octanol–water partition coefficient (Wildman–Crippen LogP) is 5.41. The van der Waals surface area contributed by atoms with Crippen LogP contribution in [0.25, 0.3) is 33.5 Å². The van der Waals surface area contributed by atoms with Gasteiger partial charge in [-0.1, -0.05) is 69.3 Å². The minimum atomic E-state index is -0.711. The van der Waals surface area contributed by atoms with E-state index in [4.69, 9.17) is 14.5 Å². The Bertz CT molecular complexity index is 1680. The van der Waals surface area contributed by atoms with Crippen molar-refractivity contribution >= 4 is 17.0 Å². The molecule has 0 fully saturated rings. The first-order valence-electron chi connectivity index (χ1n) is 13.4. The number of ether oxygens (including phenoxy) is 2. The molecular formula is C30H34N8O3. The van der Waals surface area contributed by atoms with E-state index in [1.54, 1.807) is 20.8 Å². The van der Waals surface area contributed by atoms with Crippen LogP contribution >= 0.6 is 0 Å². The van der Waals surface area contributed by atoms with Crippen LogP contribution in [0.2, 0.25) is 0 Å². The van der Waals surface area contributed by atoms with Gasteiger partial charge in [0, 0.05) is 12.1 Å². The lowest BCUT2D eigenvalue weighted by Crippen LogP contribution is -2.26. The van der Waals surface area contributed by atoms with E-state index >= 15 is 0 Å². The summed E-state index contributed by atoms with van der Waals surface area (Å²) in [6.07, 6.45) is 0. The number of hydrogen-bond donors (Lipinski definition) is 1. The molecule has 0 saturated heterocycles. The van der Waals surface area contributed by atoms with Crippen molar-refractivity contribution in [1.82, 2.24) is 40.4 Å². The molecule has 3 aromatic heterocycles. The van der Waals surface area contributed by atoms with Gasteiger partial charge < -0.3 is 14.0 Å². The van der Waals surface area contributed by atoms with Gasteiger partial charge >= 0.3 is 5.97 Å². The number of nitrogens with one attached hydrogen (secondary N) is 1. The van der Waals surface area contributed by atoms with Gasteiger partial charge in [-0.2, -0.15) is 5.21 Å². The van der Waals surface area contributed by atoms with Crippen molar-refractivity contribution in [3.05, 3.63) is 59.9 Å². The Morgan fingerprint density at radius 2 is 1.59 bits per heavy atom. The summed E-state index contributed by atoms with van der Waals surface area (Å²) in [5.74, 6) is 1.25. The summed E-state index contributed by atoms with van der Waals surface area (Å²) in [5.41, 5.74) is 4.22. The van der Waals surface area contributed by atoms with Crippen molar-refractivity contribution in [1.29, 1.82) is 0 Å². The second-order valence-corrected chi connectivity index (χ2v) is 12.2. The van der Waals surface area contributed by atoms with E-state index in [9.17, 15) is 4.79 Å². The van der Waals surface area contributed by atoms with Crippen molar-refractivity contribution in [3.8, 4) is 34.3 Å². The van der Waals surface area contributed by atoms with Crippen molar-refractivity contribution in [2.75, 3.05) is 6.61 Å². The van der Waals surface area contributed by atoms with Crippen LogP contribution in [0, 0.1) is 17.8 Å². The molecule has 0 bridgehead atoms. The summed E-state index contributed by atoms with van der Waals surface area (Å²) in [6, 6.07) is 16.2. The second-order valence-electron chi connectivity index (χ2n) is 12.2. The maximum absolute atomic E-state index is 12.7. The number of H-pyrrole nitrogens is 1. The smallest absolute Gasteiger partial charge is 0.318 e. The van der Waals surface area contributed by atoms with Crippen LogP contribution in [0.15, 0.2) is 48.5 Å². The second kappa shape index (κ2) is 10.7. The number of aromatic amines is 1. The Hall–Kier alpha value is -4.67. The highest BCUT2D eigenvalue weighted by Crippen LogP contribution is 2.34. The van der Waals surface area contributed by atoms with Gasteiger partial charge in [0.15, 0.2) is 5.52 Å². The molecule has 1 N–H and O–H groups in total. The average molecular weight is 555 g/mol. The first-order chi connectivity index (χ1) is 19.4. The first-order valence-corrected chi connectivity index (χ1v) is 13.4. The van der Waals surface area contributed by atoms with Gasteiger partial charge in [-0.25, -0.2) is 4.98 Å². The van der Waals surface area contributed by atoms with Crippen molar-refractivity contribution in [2.45, 2.75) is 55.0 Å². The molecule has 41 heavy (non-hydrogen) atoms.